The molecule has 188 valence electrons. The summed E-state index contributed by atoms with van der Waals surface area (Å²) in [6, 6.07) is 20.0. The van der Waals surface area contributed by atoms with Gasteiger partial charge >= 0.3 is 0 Å². The van der Waals surface area contributed by atoms with Gasteiger partial charge in [-0.05, 0) is 48.4 Å². The van der Waals surface area contributed by atoms with E-state index in [1.54, 1.807) is 40.9 Å². The summed E-state index contributed by atoms with van der Waals surface area (Å²) in [5, 5.41) is 5.81. The minimum absolute atomic E-state index is 0.0668. The summed E-state index contributed by atoms with van der Waals surface area (Å²) in [5.74, 6) is -0.0797. The van der Waals surface area contributed by atoms with E-state index in [4.69, 9.17) is 9.97 Å². The van der Waals surface area contributed by atoms with Gasteiger partial charge in [-0.2, -0.15) is 0 Å². The van der Waals surface area contributed by atoms with Gasteiger partial charge in [-0.25, -0.2) is 9.97 Å². The van der Waals surface area contributed by atoms with Gasteiger partial charge in [-0.15, -0.1) is 45.3 Å². The van der Waals surface area contributed by atoms with Crippen LogP contribution in [0.15, 0.2) is 60.7 Å². The van der Waals surface area contributed by atoms with Gasteiger partial charge in [-0.1, -0.05) is 24.3 Å². The highest BCUT2D eigenvalue weighted by molar-refractivity contribution is 7.26. The fourth-order valence-electron chi connectivity index (χ4n) is 4.68. The number of hydrogen-bond donors (Lipinski definition) is 1. The summed E-state index contributed by atoms with van der Waals surface area (Å²) in [6.07, 6.45) is 0.743. The van der Waals surface area contributed by atoms with E-state index < -0.39 is 0 Å². The Balaban J connectivity index is 1.24. The lowest BCUT2D eigenvalue weighted by Gasteiger charge is -2.25. The van der Waals surface area contributed by atoms with Crippen LogP contribution in [0.4, 0.5) is 5.00 Å². The second-order valence-electron chi connectivity index (χ2n) is 8.99. The number of benzene rings is 2. The Labute approximate surface area is 234 Å². The van der Waals surface area contributed by atoms with Gasteiger partial charge in [0.05, 0.1) is 36.7 Å². The summed E-state index contributed by atoms with van der Waals surface area (Å²) in [6.45, 7) is 2.83. The minimum Gasteiger partial charge on any atom is -0.337 e. The van der Waals surface area contributed by atoms with Crippen molar-refractivity contribution in [2.45, 2.75) is 19.9 Å². The number of carbonyl (C=O) groups excluding carboxylic acids is 2. The lowest BCUT2D eigenvalue weighted by Crippen LogP contribution is -2.33. The lowest BCUT2D eigenvalue weighted by molar-refractivity contribution is -0.129. The smallest absolute Gasteiger partial charge is 0.266 e. The van der Waals surface area contributed by atoms with Gasteiger partial charge in [0.1, 0.15) is 15.0 Å². The number of anilines is 1. The predicted molar refractivity (Wildman–Crippen MR) is 159 cm³/mol. The molecule has 0 saturated heterocycles. The molecule has 6 aromatic rings. The van der Waals surface area contributed by atoms with E-state index in [0.29, 0.717) is 18.0 Å². The third-order valence-electron chi connectivity index (χ3n) is 6.57. The second-order valence-corrected chi connectivity index (χ2v) is 13.2. The number of hydrogen-bond acceptors (Lipinski definition) is 8. The van der Waals surface area contributed by atoms with Crippen LogP contribution in [0.2, 0.25) is 0 Å². The summed E-state index contributed by atoms with van der Waals surface area (Å²) < 4.78 is 2.24. The van der Waals surface area contributed by atoms with Crippen LogP contribution in [0.1, 0.15) is 27.0 Å². The molecular weight excluding hydrogens is 553 g/mol. The molecule has 1 aliphatic rings. The Kier molecular flexibility index (Phi) is 5.85. The molecule has 10 heteroatoms. The molecule has 2 aromatic carbocycles. The van der Waals surface area contributed by atoms with Crippen molar-refractivity contribution in [1.29, 1.82) is 0 Å². The molecule has 0 unspecified atom stereocenters. The number of thiophene rings is 2. The molecule has 0 radical (unpaired) electrons. The van der Waals surface area contributed by atoms with Crippen LogP contribution in [-0.4, -0.2) is 33.2 Å². The predicted octanol–water partition coefficient (Wildman–Crippen LogP) is 7.52. The quantitative estimate of drug-likeness (QED) is 0.237. The molecular formula is C28H20N4O2S4. The van der Waals surface area contributed by atoms with Crippen molar-refractivity contribution in [1.82, 2.24) is 14.9 Å². The van der Waals surface area contributed by atoms with Crippen LogP contribution in [0.3, 0.4) is 0 Å². The molecule has 0 aliphatic carbocycles. The molecule has 0 bridgehead atoms. The van der Waals surface area contributed by atoms with Crippen molar-refractivity contribution in [2.75, 3.05) is 11.9 Å². The Morgan fingerprint density at radius 1 is 0.842 bits per heavy atom. The number of aromatic nitrogens is 2. The summed E-state index contributed by atoms with van der Waals surface area (Å²) in [7, 11) is 0. The number of nitrogens with one attached hydrogen (secondary N) is 1. The van der Waals surface area contributed by atoms with Crippen molar-refractivity contribution >= 4 is 82.6 Å². The van der Waals surface area contributed by atoms with Gasteiger partial charge in [-0.3, -0.25) is 9.59 Å². The van der Waals surface area contributed by atoms with E-state index in [1.165, 1.54) is 16.9 Å². The topological polar surface area (TPSA) is 75.2 Å². The summed E-state index contributed by atoms with van der Waals surface area (Å²) in [5.41, 5.74) is 4.09. The highest BCUT2D eigenvalue weighted by Gasteiger charge is 2.29. The molecule has 0 spiro atoms. The maximum Gasteiger partial charge on any atom is 0.266 e. The molecule has 1 N–H and O–H groups in total. The number of carbonyl (C=O) groups is 2. The van der Waals surface area contributed by atoms with Crippen LogP contribution >= 0.6 is 45.3 Å². The number of thiazole rings is 2. The minimum atomic E-state index is -0.147. The average molecular weight is 573 g/mol. The van der Waals surface area contributed by atoms with Crippen molar-refractivity contribution in [3.05, 3.63) is 76.0 Å². The zero-order valence-electron chi connectivity index (χ0n) is 20.2. The number of amides is 2. The number of rotatable bonds is 4. The van der Waals surface area contributed by atoms with E-state index in [0.717, 1.165) is 57.2 Å². The van der Waals surface area contributed by atoms with E-state index in [2.05, 4.69) is 17.4 Å². The first-order valence-corrected chi connectivity index (χ1v) is 15.3. The largest absolute Gasteiger partial charge is 0.337 e. The monoisotopic (exact) mass is 572 g/mol. The highest BCUT2D eigenvalue weighted by Crippen LogP contribution is 2.46. The molecule has 5 heterocycles. The van der Waals surface area contributed by atoms with Crippen LogP contribution < -0.4 is 5.32 Å². The summed E-state index contributed by atoms with van der Waals surface area (Å²) in [4.78, 5) is 39.8. The molecule has 38 heavy (non-hydrogen) atoms. The molecule has 6 nitrogen and oxygen atoms in total. The SMILES string of the molecule is CC(=O)N1CCc2c(sc(NC(=O)c3ccc(-c4nc5ccccc5s4)s3)c2-c2nc3ccccc3s2)C1. The maximum atomic E-state index is 13.5. The molecule has 1 aliphatic heterocycles. The van der Waals surface area contributed by atoms with Crippen LogP contribution in [0, 0.1) is 0 Å². The first-order valence-electron chi connectivity index (χ1n) is 12.1. The standard InChI is InChI=1S/C28H20N4O2S4/c1-15(33)32-13-12-16-23(14-32)38-28(24(16)27-30-18-7-3-5-9-20(18)37-27)31-25(34)21-10-11-22(35-21)26-29-17-6-2-4-8-19(17)36-26/h2-11H,12-14H2,1H3,(H,31,34). The average Bonchev–Trinajstić information content (AvgIpc) is 3.71. The molecule has 4 aromatic heterocycles. The Bertz CT molecular complexity index is 1790. The third kappa shape index (κ3) is 4.14. The molecule has 0 fully saturated rings. The first-order chi connectivity index (χ1) is 18.5. The second kappa shape index (κ2) is 9.39. The van der Waals surface area contributed by atoms with Crippen LogP contribution in [0.25, 0.3) is 40.9 Å². The highest BCUT2D eigenvalue weighted by atomic mass is 32.1. The zero-order valence-corrected chi connectivity index (χ0v) is 23.5. The molecule has 2 amide bonds. The zero-order chi connectivity index (χ0) is 25.8. The fourth-order valence-corrected chi connectivity index (χ4v) is 8.97. The van der Waals surface area contributed by atoms with Crippen molar-refractivity contribution in [3.63, 3.8) is 0 Å². The van der Waals surface area contributed by atoms with Crippen LogP contribution in [-0.2, 0) is 17.8 Å². The van der Waals surface area contributed by atoms with E-state index in [1.807, 2.05) is 53.4 Å². The molecule has 0 saturated carbocycles. The van der Waals surface area contributed by atoms with Gasteiger partial charge in [0.2, 0.25) is 5.91 Å². The van der Waals surface area contributed by atoms with Gasteiger partial charge in [0, 0.05) is 23.9 Å². The Morgan fingerprint density at radius 3 is 2.24 bits per heavy atom. The first kappa shape index (κ1) is 23.7. The van der Waals surface area contributed by atoms with Gasteiger partial charge in [0.25, 0.3) is 5.91 Å². The van der Waals surface area contributed by atoms with Crippen LogP contribution in [0.5, 0.6) is 0 Å². The third-order valence-corrected chi connectivity index (χ3v) is 11.0. The van der Waals surface area contributed by atoms with Gasteiger partial charge < -0.3 is 10.2 Å². The van der Waals surface area contributed by atoms with E-state index in [-0.39, 0.29) is 11.8 Å². The van der Waals surface area contributed by atoms with Gasteiger partial charge in [0.15, 0.2) is 0 Å². The number of fused-ring (bicyclic) bond motifs is 3. The number of para-hydroxylation sites is 2. The molecule has 7 rings (SSSR count). The Morgan fingerprint density at radius 2 is 1.53 bits per heavy atom. The normalized spacial score (nSPS) is 13.2. The summed E-state index contributed by atoms with van der Waals surface area (Å²) >= 11 is 6.27. The van der Waals surface area contributed by atoms with Crippen molar-refractivity contribution in [2.24, 2.45) is 0 Å². The fraction of sp³-hybridized carbons (Fsp3) is 0.143. The van der Waals surface area contributed by atoms with E-state index in [9.17, 15) is 9.59 Å². The lowest BCUT2D eigenvalue weighted by atomic mass is 10.0. The number of nitrogens with zero attached hydrogens (tertiary/aromatic N) is 3. The molecule has 0 atom stereocenters. The van der Waals surface area contributed by atoms with E-state index >= 15 is 0 Å². The van der Waals surface area contributed by atoms with Crippen molar-refractivity contribution in [3.8, 4) is 20.5 Å². The maximum absolute atomic E-state index is 13.5. The Hall–Kier alpha value is -3.44. The van der Waals surface area contributed by atoms with Crippen molar-refractivity contribution < 1.29 is 9.59 Å².